The second kappa shape index (κ2) is 9.21. The maximum Gasteiger partial charge on any atom is 0.352 e. The molecule has 0 saturated heterocycles. The lowest BCUT2D eigenvalue weighted by Gasteiger charge is -2.12. The Labute approximate surface area is 200 Å². The van der Waals surface area contributed by atoms with E-state index in [9.17, 15) is 19.2 Å². The van der Waals surface area contributed by atoms with Crippen molar-refractivity contribution < 1.29 is 9.59 Å². The molecule has 0 unspecified atom stereocenters. The molecule has 1 aliphatic carbocycles. The van der Waals surface area contributed by atoms with E-state index < -0.39 is 5.69 Å². The molecular weight excluding hydrogens is 448 g/mol. The molecule has 2 aromatic heterocycles. The maximum absolute atomic E-state index is 13.2. The van der Waals surface area contributed by atoms with Gasteiger partial charge in [0, 0.05) is 25.2 Å². The van der Waals surface area contributed by atoms with Gasteiger partial charge < -0.3 is 10.6 Å². The van der Waals surface area contributed by atoms with Gasteiger partial charge in [0.15, 0.2) is 0 Å². The first kappa shape index (κ1) is 22.6. The van der Waals surface area contributed by atoms with Gasteiger partial charge in [-0.3, -0.25) is 19.0 Å². The Kier molecular flexibility index (Phi) is 5.94. The van der Waals surface area contributed by atoms with Crippen LogP contribution < -0.4 is 21.9 Å². The van der Waals surface area contributed by atoms with Gasteiger partial charge >= 0.3 is 5.69 Å². The Hall–Kier alpha value is -4.21. The second-order valence-electron chi connectivity index (χ2n) is 8.89. The van der Waals surface area contributed by atoms with Crippen LogP contribution in [0.2, 0.25) is 0 Å². The van der Waals surface area contributed by atoms with Crippen molar-refractivity contribution in [1.82, 2.24) is 29.4 Å². The van der Waals surface area contributed by atoms with Crippen LogP contribution in [0.4, 0.5) is 0 Å². The summed E-state index contributed by atoms with van der Waals surface area (Å²) in [5.41, 5.74) is 0.659. The van der Waals surface area contributed by atoms with Crippen LogP contribution in [0.5, 0.6) is 0 Å². The molecule has 2 heterocycles. The first-order valence-electron chi connectivity index (χ1n) is 11.7. The summed E-state index contributed by atoms with van der Waals surface area (Å²) in [5.74, 6) is -0.532. The number of carbonyl (C=O) groups excluding carboxylic acids is 2. The lowest BCUT2D eigenvalue weighted by Crippen LogP contribution is -2.33. The minimum atomic E-state index is -0.566. The van der Waals surface area contributed by atoms with Crippen molar-refractivity contribution >= 4 is 28.5 Å². The number of aromatic nitrogens is 4. The molecule has 10 heteroatoms. The zero-order chi connectivity index (χ0) is 24.5. The van der Waals surface area contributed by atoms with Gasteiger partial charge in [0.25, 0.3) is 11.5 Å². The van der Waals surface area contributed by atoms with Crippen LogP contribution in [0.25, 0.3) is 16.7 Å². The van der Waals surface area contributed by atoms with E-state index in [0.29, 0.717) is 12.1 Å². The molecule has 0 radical (unpaired) electrons. The predicted molar refractivity (Wildman–Crippen MR) is 130 cm³/mol. The summed E-state index contributed by atoms with van der Waals surface area (Å²) in [6.45, 7) is 0.0214. The molecule has 5 rings (SSSR count). The maximum atomic E-state index is 13.2. The van der Waals surface area contributed by atoms with Gasteiger partial charge in [-0.15, -0.1) is 5.10 Å². The average Bonchev–Trinajstić information content (AvgIpc) is 3.49. The number of benzene rings is 2. The first-order valence-corrected chi connectivity index (χ1v) is 11.7. The highest BCUT2D eigenvalue weighted by Gasteiger charge is 2.21. The van der Waals surface area contributed by atoms with Crippen molar-refractivity contribution in [2.45, 2.75) is 44.8 Å². The third-order valence-electron chi connectivity index (χ3n) is 6.47. The minimum Gasteiger partial charge on any atom is -0.350 e. The number of nitrogens with one attached hydrogen (secondary N) is 2. The summed E-state index contributed by atoms with van der Waals surface area (Å²) in [7, 11) is 1.52. The zero-order valence-corrected chi connectivity index (χ0v) is 19.4. The molecule has 1 aliphatic rings. The molecule has 0 spiro atoms. The number of hydrogen-bond acceptors (Lipinski definition) is 5. The van der Waals surface area contributed by atoms with Crippen LogP contribution in [0.3, 0.4) is 0 Å². The summed E-state index contributed by atoms with van der Waals surface area (Å²) in [4.78, 5) is 51.5. The SMILES string of the molecule is Cn1c(=O)c2ccc(C(=O)NC3CCCC3)cc2n2c(=O)n(CC(=O)NCc3ccccc3)nc12. The normalized spacial score (nSPS) is 14.0. The van der Waals surface area contributed by atoms with E-state index in [-0.39, 0.29) is 46.6 Å². The molecule has 1 fully saturated rings. The number of nitrogens with zero attached hydrogens (tertiary/aromatic N) is 4. The van der Waals surface area contributed by atoms with E-state index in [1.54, 1.807) is 12.1 Å². The highest BCUT2D eigenvalue weighted by Crippen LogP contribution is 2.19. The van der Waals surface area contributed by atoms with E-state index in [0.717, 1.165) is 35.9 Å². The van der Waals surface area contributed by atoms with Gasteiger partial charge in [0.05, 0.1) is 10.9 Å². The zero-order valence-electron chi connectivity index (χ0n) is 19.4. The van der Waals surface area contributed by atoms with Crippen molar-refractivity contribution in [2.24, 2.45) is 7.05 Å². The van der Waals surface area contributed by atoms with Crippen molar-refractivity contribution in [1.29, 1.82) is 0 Å². The molecule has 4 aromatic rings. The Morgan fingerprint density at radius 3 is 2.54 bits per heavy atom. The lowest BCUT2D eigenvalue weighted by molar-refractivity contribution is -0.122. The molecule has 0 bridgehead atoms. The lowest BCUT2D eigenvalue weighted by atomic mass is 10.1. The average molecular weight is 475 g/mol. The van der Waals surface area contributed by atoms with E-state index >= 15 is 0 Å². The van der Waals surface area contributed by atoms with Crippen molar-refractivity contribution in [3.8, 4) is 0 Å². The van der Waals surface area contributed by atoms with Crippen LogP contribution in [0, 0.1) is 0 Å². The summed E-state index contributed by atoms with van der Waals surface area (Å²) >= 11 is 0. The molecule has 10 nitrogen and oxygen atoms in total. The topological polar surface area (TPSA) is 120 Å². The van der Waals surface area contributed by atoms with Gasteiger partial charge in [-0.05, 0) is 36.6 Å². The fourth-order valence-electron chi connectivity index (χ4n) is 4.56. The molecule has 1 saturated carbocycles. The van der Waals surface area contributed by atoms with Crippen LogP contribution in [-0.2, 0) is 24.9 Å². The Bertz CT molecular complexity index is 1540. The Morgan fingerprint density at radius 1 is 1.06 bits per heavy atom. The molecule has 2 N–H and O–H groups in total. The fourth-order valence-corrected chi connectivity index (χ4v) is 4.56. The van der Waals surface area contributed by atoms with Crippen LogP contribution in [0.15, 0.2) is 58.1 Å². The minimum absolute atomic E-state index is 0.0942. The number of fused-ring (bicyclic) bond motifs is 3. The summed E-state index contributed by atoms with van der Waals surface area (Å²) in [6.07, 6.45) is 4.07. The van der Waals surface area contributed by atoms with Gasteiger partial charge in [-0.2, -0.15) is 0 Å². The predicted octanol–water partition coefficient (Wildman–Crippen LogP) is 1.34. The standard InChI is InChI=1S/C25H26N6O4/c1-29-23(34)19-12-11-17(22(33)27-18-9-5-6-10-18)13-20(19)31-24(29)28-30(25(31)35)15-21(32)26-14-16-7-3-2-4-8-16/h2-4,7-8,11-13,18H,5-6,9-10,14-15H2,1H3,(H,26,32)(H,27,33). The Morgan fingerprint density at radius 2 is 1.80 bits per heavy atom. The number of carbonyl (C=O) groups is 2. The molecule has 35 heavy (non-hydrogen) atoms. The largest absolute Gasteiger partial charge is 0.352 e. The van der Waals surface area contributed by atoms with E-state index in [1.807, 2.05) is 30.3 Å². The highest BCUT2D eigenvalue weighted by atomic mass is 16.2. The summed E-state index contributed by atoms with van der Waals surface area (Å²) < 4.78 is 3.56. The van der Waals surface area contributed by atoms with Crippen molar-refractivity contribution in [3.63, 3.8) is 0 Å². The number of rotatable bonds is 6. The quantitative estimate of drug-likeness (QED) is 0.437. The van der Waals surface area contributed by atoms with Crippen LogP contribution in [-0.4, -0.2) is 36.6 Å². The highest BCUT2D eigenvalue weighted by molar-refractivity contribution is 5.98. The first-order chi connectivity index (χ1) is 16.9. The van der Waals surface area contributed by atoms with Gasteiger partial charge in [0.2, 0.25) is 11.7 Å². The number of aryl methyl sites for hydroxylation is 1. The van der Waals surface area contributed by atoms with Gasteiger partial charge in [-0.1, -0.05) is 43.2 Å². The van der Waals surface area contributed by atoms with Crippen molar-refractivity contribution in [3.05, 3.63) is 80.5 Å². The monoisotopic (exact) mass is 474 g/mol. The molecule has 2 aromatic carbocycles. The van der Waals surface area contributed by atoms with Crippen LogP contribution in [0.1, 0.15) is 41.6 Å². The number of hydrogen-bond donors (Lipinski definition) is 2. The fraction of sp³-hybridized carbons (Fsp3) is 0.320. The smallest absolute Gasteiger partial charge is 0.350 e. The third-order valence-corrected chi connectivity index (χ3v) is 6.47. The molecule has 2 amide bonds. The molecule has 180 valence electrons. The molecule has 0 aliphatic heterocycles. The van der Waals surface area contributed by atoms with Crippen LogP contribution >= 0.6 is 0 Å². The molecule has 0 atom stereocenters. The second-order valence-corrected chi connectivity index (χ2v) is 8.89. The van der Waals surface area contributed by atoms with Crippen molar-refractivity contribution in [2.75, 3.05) is 0 Å². The van der Waals surface area contributed by atoms with E-state index in [1.165, 1.54) is 22.1 Å². The summed E-state index contributed by atoms with van der Waals surface area (Å²) in [5, 5.41) is 10.3. The third kappa shape index (κ3) is 4.34. The van der Waals surface area contributed by atoms with E-state index in [2.05, 4.69) is 15.7 Å². The number of amides is 2. The summed E-state index contributed by atoms with van der Waals surface area (Å²) in [6, 6.07) is 14.2. The Balaban J connectivity index is 1.48. The van der Waals surface area contributed by atoms with Gasteiger partial charge in [0.1, 0.15) is 6.54 Å². The van der Waals surface area contributed by atoms with Gasteiger partial charge in [-0.25, -0.2) is 13.9 Å². The van der Waals surface area contributed by atoms with E-state index in [4.69, 9.17) is 0 Å². The molecular formula is C25H26N6O4.